The molecule has 130 valence electrons. The van der Waals surface area contributed by atoms with Crippen molar-refractivity contribution < 1.29 is 19.1 Å². The van der Waals surface area contributed by atoms with Crippen LogP contribution in [0.2, 0.25) is 16.1 Å². The third kappa shape index (κ3) is 4.34. The highest BCUT2D eigenvalue weighted by atomic mass is 28.4. The molecular weight excluding hydrogens is 296 g/mol. The summed E-state index contributed by atoms with van der Waals surface area (Å²) in [7, 11) is -2.44. The molecule has 0 aromatic rings. The van der Waals surface area contributed by atoms with Gasteiger partial charge >= 0.3 is 5.97 Å². The van der Waals surface area contributed by atoms with Crippen LogP contribution in [-0.4, -0.2) is 25.4 Å². The molecule has 0 amide bonds. The van der Waals surface area contributed by atoms with Crippen molar-refractivity contribution >= 4 is 20.3 Å². The molecule has 1 unspecified atom stereocenters. The van der Waals surface area contributed by atoms with Gasteiger partial charge in [-0.2, -0.15) is 0 Å². The summed E-state index contributed by atoms with van der Waals surface area (Å²) in [5.41, 5.74) is 0.565. The Hall–Kier alpha value is -0.843. The van der Waals surface area contributed by atoms with Crippen molar-refractivity contribution in [2.75, 3.05) is 0 Å². The average Bonchev–Trinajstić information content (AvgIpc) is 2.40. The summed E-state index contributed by atoms with van der Waals surface area (Å²) in [6, 6.07) is 0. The zero-order chi connectivity index (χ0) is 17.7. The number of carbonyl (C=O) groups excluding carboxylic acids is 1. The first-order chi connectivity index (χ1) is 9.93. The number of carboxylic acid groups (broad SMARTS) is 1. The molecule has 0 spiro atoms. The van der Waals surface area contributed by atoms with E-state index in [4.69, 9.17) is 9.53 Å². The van der Waals surface area contributed by atoms with E-state index in [0.29, 0.717) is 5.92 Å². The van der Waals surface area contributed by atoms with Crippen LogP contribution >= 0.6 is 0 Å². The van der Waals surface area contributed by atoms with Crippen LogP contribution in [0.3, 0.4) is 0 Å². The van der Waals surface area contributed by atoms with Crippen LogP contribution in [0.5, 0.6) is 0 Å². The van der Waals surface area contributed by atoms with Crippen LogP contribution < -0.4 is 0 Å². The molecule has 22 heavy (non-hydrogen) atoms. The predicted molar refractivity (Wildman–Crippen MR) is 92.4 cm³/mol. The Morgan fingerprint density at radius 2 is 1.50 bits per heavy atom. The maximum atomic E-state index is 12.3. The van der Waals surface area contributed by atoms with Crippen LogP contribution in [0.15, 0.2) is 0 Å². The van der Waals surface area contributed by atoms with Gasteiger partial charge in [0.15, 0.2) is 0 Å². The first-order valence-corrected chi connectivity index (χ1v) is 10.4. The summed E-state index contributed by atoms with van der Waals surface area (Å²) in [5.74, 6) is -0.872. The number of hydrogen-bond acceptors (Lipinski definition) is 3. The lowest BCUT2D eigenvalue weighted by atomic mass is 9.94. The standard InChI is InChI=1S/C17H34O4Si/c1-9-14(6)17(7,8)22(12(2)3,13(4)5)21-16(20)11-10-15(18)19/h12-14H,9-11H2,1-8H3,(H,18,19). The van der Waals surface area contributed by atoms with Gasteiger partial charge in [-0.05, 0) is 22.0 Å². The quantitative estimate of drug-likeness (QED) is 0.605. The van der Waals surface area contributed by atoms with E-state index < -0.39 is 14.3 Å². The van der Waals surface area contributed by atoms with Crippen molar-refractivity contribution in [3.63, 3.8) is 0 Å². The van der Waals surface area contributed by atoms with Crippen LogP contribution in [0, 0.1) is 5.92 Å². The van der Waals surface area contributed by atoms with Gasteiger partial charge in [-0.1, -0.05) is 61.8 Å². The SMILES string of the molecule is CCC(C)C(C)(C)[Si](OC(=O)CCC(=O)O)(C(C)C)C(C)C. The molecule has 0 saturated heterocycles. The Morgan fingerprint density at radius 1 is 1.05 bits per heavy atom. The van der Waals surface area contributed by atoms with E-state index in [-0.39, 0.29) is 34.9 Å². The lowest BCUT2D eigenvalue weighted by Gasteiger charge is -2.51. The molecule has 0 aromatic heterocycles. The number of aliphatic carboxylic acids is 1. The second-order valence-electron chi connectivity index (χ2n) is 7.50. The van der Waals surface area contributed by atoms with Gasteiger partial charge in [-0.15, -0.1) is 0 Å². The van der Waals surface area contributed by atoms with E-state index >= 15 is 0 Å². The summed E-state index contributed by atoms with van der Waals surface area (Å²) >= 11 is 0. The molecule has 0 fully saturated rings. The Labute approximate surface area is 136 Å². The van der Waals surface area contributed by atoms with Gasteiger partial charge in [0.1, 0.15) is 0 Å². The Kier molecular flexibility index (Phi) is 7.82. The summed E-state index contributed by atoms with van der Waals surface area (Å²) in [6.45, 7) is 17.4. The number of rotatable bonds is 9. The van der Waals surface area contributed by atoms with Gasteiger partial charge in [-0.25, -0.2) is 0 Å². The van der Waals surface area contributed by atoms with Crippen molar-refractivity contribution in [2.24, 2.45) is 5.92 Å². The molecule has 0 radical (unpaired) electrons. The molecule has 1 atom stereocenters. The van der Waals surface area contributed by atoms with Gasteiger partial charge in [0.05, 0.1) is 12.8 Å². The van der Waals surface area contributed by atoms with E-state index in [0.717, 1.165) is 6.42 Å². The molecule has 0 saturated carbocycles. The van der Waals surface area contributed by atoms with Crippen LogP contribution in [0.1, 0.15) is 74.7 Å². The Bertz CT molecular complexity index is 380. The fourth-order valence-electron chi connectivity index (χ4n) is 3.87. The lowest BCUT2D eigenvalue weighted by molar-refractivity contribution is -0.143. The first kappa shape index (κ1) is 21.2. The molecular formula is C17H34O4Si. The minimum atomic E-state index is -2.44. The molecule has 0 aliphatic heterocycles. The van der Waals surface area contributed by atoms with Crippen LogP contribution in [0.4, 0.5) is 0 Å². The lowest BCUT2D eigenvalue weighted by Crippen LogP contribution is -2.56. The first-order valence-electron chi connectivity index (χ1n) is 8.37. The zero-order valence-electron chi connectivity index (χ0n) is 15.5. The third-order valence-corrected chi connectivity index (χ3v) is 11.9. The number of carbonyl (C=O) groups is 2. The number of hydrogen-bond donors (Lipinski definition) is 1. The van der Waals surface area contributed by atoms with Crippen LogP contribution in [-0.2, 0) is 14.0 Å². The Balaban J connectivity index is 5.62. The normalized spacial score (nSPS) is 14.3. The maximum absolute atomic E-state index is 12.3. The molecule has 1 N–H and O–H groups in total. The van der Waals surface area contributed by atoms with Crippen molar-refractivity contribution in [1.82, 2.24) is 0 Å². The summed E-state index contributed by atoms with van der Waals surface area (Å²) in [4.78, 5) is 23.0. The molecule has 0 heterocycles. The van der Waals surface area contributed by atoms with E-state index in [9.17, 15) is 9.59 Å². The van der Waals surface area contributed by atoms with Crippen molar-refractivity contribution in [2.45, 2.75) is 90.8 Å². The molecule has 0 rings (SSSR count). The molecule has 0 aromatic carbocycles. The van der Waals surface area contributed by atoms with E-state index in [1.807, 2.05) is 0 Å². The van der Waals surface area contributed by atoms with Gasteiger partial charge < -0.3 is 9.53 Å². The summed E-state index contributed by atoms with van der Waals surface area (Å²) in [5, 5.41) is 8.70. The Morgan fingerprint density at radius 3 is 1.82 bits per heavy atom. The van der Waals surface area contributed by atoms with E-state index in [1.54, 1.807) is 0 Å². The van der Waals surface area contributed by atoms with E-state index in [1.165, 1.54) is 0 Å². The van der Waals surface area contributed by atoms with Gasteiger partial charge in [0.25, 0.3) is 14.3 Å². The smallest absolute Gasteiger partial charge is 0.303 e. The minimum Gasteiger partial charge on any atom is -0.518 e. The zero-order valence-corrected chi connectivity index (χ0v) is 16.5. The van der Waals surface area contributed by atoms with Crippen molar-refractivity contribution in [3.8, 4) is 0 Å². The average molecular weight is 331 g/mol. The summed E-state index contributed by atoms with van der Waals surface area (Å²) < 4.78 is 6.14. The molecule has 5 heteroatoms. The largest absolute Gasteiger partial charge is 0.518 e. The molecule has 4 nitrogen and oxygen atoms in total. The third-order valence-electron chi connectivity index (χ3n) is 5.39. The topological polar surface area (TPSA) is 63.6 Å². The minimum absolute atomic E-state index is 0.0416. The van der Waals surface area contributed by atoms with Gasteiger partial charge in [-0.3, -0.25) is 9.59 Å². The van der Waals surface area contributed by atoms with E-state index in [2.05, 4.69) is 55.4 Å². The second kappa shape index (κ2) is 8.13. The highest BCUT2D eigenvalue weighted by molar-refractivity contribution is 6.80. The predicted octanol–water partition coefficient (Wildman–Crippen LogP) is 4.99. The van der Waals surface area contributed by atoms with Crippen molar-refractivity contribution in [1.29, 1.82) is 0 Å². The monoisotopic (exact) mass is 330 g/mol. The fraction of sp³-hybridized carbons (Fsp3) is 0.882. The van der Waals surface area contributed by atoms with Gasteiger partial charge in [0.2, 0.25) is 0 Å². The fourth-order valence-corrected chi connectivity index (χ4v) is 10.4. The summed E-state index contributed by atoms with van der Waals surface area (Å²) in [6.07, 6.45) is 0.831. The second-order valence-corrected chi connectivity index (χ2v) is 12.9. The highest BCUT2D eigenvalue weighted by Crippen LogP contribution is 2.56. The molecule has 0 aliphatic carbocycles. The molecule has 0 bridgehead atoms. The van der Waals surface area contributed by atoms with Crippen molar-refractivity contribution in [3.05, 3.63) is 0 Å². The molecule has 0 aliphatic rings. The van der Waals surface area contributed by atoms with Crippen LogP contribution in [0.25, 0.3) is 0 Å². The van der Waals surface area contributed by atoms with Gasteiger partial charge in [0, 0.05) is 0 Å². The maximum Gasteiger partial charge on any atom is 0.303 e. The number of carboxylic acids is 1. The highest BCUT2D eigenvalue weighted by Gasteiger charge is 2.58.